The fourth-order valence-electron chi connectivity index (χ4n) is 3.55. The Bertz CT molecular complexity index is 994. The Labute approximate surface area is 241 Å². The van der Waals surface area contributed by atoms with E-state index in [9.17, 15) is 19.8 Å². The number of aliphatic hydroxyl groups is 2. The summed E-state index contributed by atoms with van der Waals surface area (Å²) in [6.45, 7) is 11.8. The van der Waals surface area contributed by atoms with Crippen LogP contribution < -0.4 is 9.47 Å². The molecule has 0 aliphatic rings. The van der Waals surface area contributed by atoms with Gasteiger partial charge in [-0.05, 0) is 35.4 Å². The number of benzene rings is 2. The molecule has 0 aliphatic carbocycles. The van der Waals surface area contributed by atoms with Gasteiger partial charge in [0, 0.05) is 17.6 Å². The van der Waals surface area contributed by atoms with Crippen molar-refractivity contribution in [2.24, 2.45) is 0 Å². The minimum absolute atomic E-state index is 0.0270. The van der Waals surface area contributed by atoms with Gasteiger partial charge in [-0.15, -0.1) is 0 Å². The Kier molecular flexibility index (Phi) is 14.6. The highest BCUT2D eigenvalue weighted by atomic mass is 16.6. The van der Waals surface area contributed by atoms with Crippen LogP contribution in [0.2, 0.25) is 0 Å². The van der Waals surface area contributed by atoms with Crippen molar-refractivity contribution in [1.29, 1.82) is 0 Å². The van der Waals surface area contributed by atoms with Gasteiger partial charge in [-0.3, -0.25) is 0 Å². The smallest absolute Gasteiger partial charge is 0.330 e. The Balaban J connectivity index is 1.71. The van der Waals surface area contributed by atoms with Crippen LogP contribution in [-0.4, -0.2) is 87.2 Å². The lowest BCUT2D eigenvalue weighted by Gasteiger charge is -2.26. The maximum absolute atomic E-state index is 11.0. The van der Waals surface area contributed by atoms with Crippen LogP contribution in [-0.2, 0) is 34.0 Å². The third kappa shape index (κ3) is 12.6. The average molecular weight is 573 g/mol. The van der Waals surface area contributed by atoms with E-state index < -0.39 is 24.1 Å². The van der Waals surface area contributed by atoms with Crippen molar-refractivity contribution in [1.82, 2.24) is 0 Å². The number of carbonyl (C=O) groups is 2. The third-order valence-electron chi connectivity index (χ3n) is 5.93. The second kappa shape index (κ2) is 17.9. The zero-order chi connectivity index (χ0) is 30.1. The standard InChI is InChI=1S/C31H40O10/c1-5-29(34)40-21-25(32)19-36-15-17-38-27-11-7-23(8-12-27)31(3,4)24-9-13-28(14-10-24)39-18-16-37-20-26(33)22-41-30(35)6-2/h5-14,25-26,32-33H,1-2,15-22H2,3-4H3. The summed E-state index contributed by atoms with van der Waals surface area (Å²) in [5.41, 5.74) is 1.95. The summed E-state index contributed by atoms with van der Waals surface area (Å²) < 4.78 is 31.7. The van der Waals surface area contributed by atoms with Gasteiger partial charge in [0.05, 0.1) is 26.4 Å². The van der Waals surface area contributed by atoms with Gasteiger partial charge in [0.1, 0.15) is 50.1 Å². The van der Waals surface area contributed by atoms with Crippen LogP contribution in [0.5, 0.6) is 11.5 Å². The van der Waals surface area contributed by atoms with Crippen LogP contribution in [0, 0.1) is 0 Å². The van der Waals surface area contributed by atoms with Crippen molar-refractivity contribution in [2.45, 2.75) is 31.5 Å². The predicted molar refractivity (Wildman–Crippen MR) is 152 cm³/mol. The lowest BCUT2D eigenvalue weighted by molar-refractivity contribution is -0.142. The van der Waals surface area contributed by atoms with E-state index in [1.54, 1.807) is 0 Å². The van der Waals surface area contributed by atoms with E-state index in [-0.39, 0.29) is 45.1 Å². The quantitative estimate of drug-likeness (QED) is 0.139. The third-order valence-corrected chi connectivity index (χ3v) is 5.93. The maximum atomic E-state index is 11.0. The van der Waals surface area contributed by atoms with Crippen molar-refractivity contribution >= 4 is 11.9 Å². The Hall–Kier alpha value is -3.70. The summed E-state index contributed by atoms with van der Waals surface area (Å²) in [5.74, 6) is 0.213. The molecule has 10 nitrogen and oxygen atoms in total. The molecular weight excluding hydrogens is 532 g/mol. The number of ether oxygens (including phenoxy) is 6. The number of rotatable bonds is 20. The molecule has 0 radical (unpaired) electrons. The molecule has 2 aromatic rings. The van der Waals surface area contributed by atoms with Crippen LogP contribution in [0.1, 0.15) is 25.0 Å². The van der Waals surface area contributed by atoms with E-state index in [1.165, 1.54) is 0 Å². The van der Waals surface area contributed by atoms with E-state index in [1.807, 2.05) is 48.5 Å². The lowest BCUT2D eigenvalue weighted by Crippen LogP contribution is -2.24. The summed E-state index contributed by atoms with van der Waals surface area (Å²) in [6, 6.07) is 15.7. The summed E-state index contributed by atoms with van der Waals surface area (Å²) in [7, 11) is 0. The molecule has 2 unspecified atom stereocenters. The monoisotopic (exact) mass is 572 g/mol. The molecule has 0 aromatic heterocycles. The van der Waals surface area contributed by atoms with Crippen molar-refractivity contribution < 1.29 is 48.2 Å². The van der Waals surface area contributed by atoms with E-state index in [0.29, 0.717) is 24.7 Å². The molecular formula is C31H40O10. The first-order valence-electron chi connectivity index (χ1n) is 13.2. The molecule has 2 N–H and O–H groups in total. The van der Waals surface area contributed by atoms with Gasteiger partial charge in [0.2, 0.25) is 0 Å². The van der Waals surface area contributed by atoms with Gasteiger partial charge in [-0.25, -0.2) is 9.59 Å². The molecule has 0 bridgehead atoms. The number of carbonyl (C=O) groups excluding carboxylic acids is 2. The first kappa shape index (κ1) is 33.5. The summed E-state index contributed by atoms with van der Waals surface area (Å²) in [5, 5.41) is 19.4. The number of hydrogen-bond donors (Lipinski definition) is 2. The molecule has 0 aliphatic heterocycles. The second-order valence-corrected chi connectivity index (χ2v) is 9.50. The second-order valence-electron chi connectivity index (χ2n) is 9.50. The van der Waals surface area contributed by atoms with Crippen molar-refractivity contribution in [3.8, 4) is 11.5 Å². The van der Waals surface area contributed by atoms with Crippen molar-refractivity contribution in [3.63, 3.8) is 0 Å². The summed E-state index contributed by atoms with van der Waals surface area (Å²) in [6.07, 6.45) is 0.240. The van der Waals surface area contributed by atoms with Crippen molar-refractivity contribution in [2.75, 3.05) is 52.9 Å². The Morgan fingerprint density at radius 1 is 0.683 bits per heavy atom. The molecule has 0 amide bonds. The van der Waals surface area contributed by atoms with Gasteiger partial charge >= 0.3 is 11.9 Å². The zero-order valence-corrected chi connectivity index (χ0v) is 23.7. The summed E-state index contributed by atoms with van der Waals surface area (Å²) in [4.78, 5) is 22.0. The highest BCUT2D eigenvalue weighted by Gasteiger charge is 2.23. The lowest BCUT2D eigenvalue weighted by atomic mass is 9.78. The van der Waals surface area contributed by atoms with E-state index in [2.05, 4.69) is 27.0 Å². The zero-order valence-electron chi connectivity index (χ0n) is 23.7. The van der Waals surface area contributed by atoms with Gasteiger partial charge in [0.25, 0.3) is 0 Å². The maximum Gasteiger partial charge on any atom is 0.330 e. The first-order chi connectivity index (χ1) is 19.6. The van der Waals surface area contributed by atoms with Gasteiger partial charge in [-0.1, -0.05) is 51.3 Å². The summed E-state index contributed by atoms with van der Waals surface area (Å²) >= 11 is 0. The highest BCUT2D eigenvalue weighted by molar-refractivity contribution is 5.81. The molecule has 10 heteroatoms. The molecule has 2 aromatic carbocycles. The topological polar surface area (TPSA) is 130 Å². The van der Waals surface area contributed by atoms with Crippen LogP contribution in [0.25, 0.3) is 0 Å². The molecule has 0 saturated carbocycles. The molecule has 2 rings (SSSR count). The van der Waals surface area contributed by atoms with E-state index >= 15 is 0 Å². The Morgan fingerprint density at radius 2 is 1.05 bits per heavy atom. The SMILES string of the molecule is C=CC(=O)OCC(O)COCCOc1ccc(C(C)(C)c2ccc(OCCOCC(O)COC(=O)C=C)cc2)cc1. The molecule has 2 atom stereocenters. The average Bonchev–Trinajstić information content (AvgIpc) is 2.98. The minimum atomic E-state index is -0.914. The Morgan fingerprint density at radius 3 is 1.39 bits per heavy atom. The normalized spacial score (nSPS) is 12.6. The van der Waals surface area contributed by atoms with E-state index in [0.717, 1.165) is 23.3 Å². The fourth-order valence-corrected chi connectivity index (χ4v) is 3.55. The van der Waals surface area contributed by atoms with Crippen LogP contribution in [0.4, 0.5) is 0 Å². The number of esters is 2. The predicted octanol–water partition coefficient (Wildman–Crippen LogP) is 2.98. The molecule has 0 heterocycles. The fraction of sp³-hybridized carbons (Fsp3) is 0.419. The number of hydrogen-bond acceptors (Lipinski definition) is 10. The number of aliphatic hydroxyl groups excluding tert-OH is 2. The van der Waals surface area contributed by atoms with Crippen LogP contribution >= 0.6 is 0 Å². The molecule has 0 saturated heterocycles. The van der Waals surface area contributed by atoms with Crippen LogP contribution in [0.15, 0.2) is 73.8 Å². The molecule has 0 fully saturated rings. The van der Waals surface area contributed by atoms with Gasteiger partial charge < -0.3 is 38.6 Å². The van der Waals surface area contributed by atoms with Crippen LogP contribution in [0.3, 0.4) is 0 Å². The van der Waals surface area contributed by atoms with Gasteiger partial charge in [-0.2, -0.15) is 0 Å². The molecule has 224 valence electrons. The van der Waals surface area contributed by atoms with E-state index in [4.69, 9.17) is 28.4 Å². The highest BCUT2D eigenvalue weighted by Crippen LogP contribution is 2.33. The molecule has 0 spiro atoms. The minimum Gasteiger partial charge on any atom is -0.491 e. The molecule has 41 heavy (non-hydrogen) atoms. The van der Waals surface area contributed by atoms with Gasteiger partial charge in [0.15, 0.2) is 0 Å². The van der Waals surface area contributed by atoms with Crippen molar-refractivity contribution in [3.05, 3.63) is 85.0 Å². The largest absolute Gasteiger partial charge is 0.491 e. The first-order valence-corrected chi connectivity index (χ1v) is 13.2.